The summed E-state index contributed by atoms with van der Waals surface area (Å²) >= 11 is 1.60. The Balaban J connectivity index is 0. The molecule has 1 aromatic carbocycles. The van der Waals surface area contributed by atoms with Crippen molar-refractivity contribution in [3.8, 4) is 0 Å². The molecule has 6 nitrogen and oxygen atoms in total. The first-order valence-electron chi connectivity index (χ1n) is 10.2. The van der Waals surface area contributed by atoms with E-state index in [0.29, 0.717) is 0 Å². The van der Waals surface area contributed by atoms with Crippen LogP contribution in [-0.4, -0.2) is 17.9 Å². The van der Waals surface area contributed by atoms with E-state index in [1.165, 1.54) is 16.7 Å². The number of carbonyl (C=O) groups excluding carboxylic acids is 3. The number of carboxylic acids is 3. The van der Waals surface area contributed by atoms with Crippen LogP contribution < -0.4 is 15.3 Å². The Bertz CT molecular complexity index is 748. The number of benzene rings is 1. The quantitative estimate of drug-likeness (QED) is 0.513. The van der Waals surface area contributed by atoms with E-state index in [4.69, 9.17) is 0 Å². The molecule has 0 saturated carbocycles. The van der Waals surface area contributed by atoms with Gasteiger partial charge in [0.2, 0.25) is 0 Å². The summed E-state index contributed by atoms with van der Waals surface area (Å²) in [6.45, 7) is 16.6. The molecule has 0 fully saturated rings. The van der Waals surface area contributed by atoms with Crippen molar-refractivity contribution in [2.24, 2.45) is 16.2 Å². The number of rotatable bonds is 0. The van der Waals surface area contributed by atoms with Crippen LogP contribution in [0.25, 0.3) is 6.08 Å². The van der Waals surface area contributed by atoms with E-state index in [9.17, 15) is 29.7 Å². The second kappa shape index (κ2) is 13.1. The number of fused-ring (bicyclic) bond motifs is 1. The molecule has 0 spiro atoms. The Morgan fingerprint density at radius 3 is 1.25 bits per heavy atom. The molecule has 176 valence electrons. The molecule has 0 radical (unpaired) electrons. The Kier molecular flexibility index (Phi) is 13.3. The summed E-state index contributed by atoms with van der Waals surface area (Å²) in [6.07, 6.45) is 2.30. The van der Waals surface area contributed by atoms with Crippen LogP contribution in [0.2, 0.25) is 0 Å². The van der Waals surface area contributed by atoms with Crippen molar-refractivity contribution in [1.82, 2.24) is 0 Å². The molecule has 1 unspecified atom stereocenters. The van der Waals surface area contributed by atoms with Gasteiger partial charge in [-0.15, -0.1) is 0 Å². The maximum atomic E-state index is 9.91. The van der Waals surface area contributed by atoms with Crippen LogP contribution >= 0.6 is 0 Å². The fourth-order valence-corrected chi connectivity index (χ4v) is 2.33. The summed E-state index contributed by atoms with van der Waals surface area (Å²) in [5.74, 6) is -3.02. The predicted molar refractivity (Wildman–Crippen MR) is 116 cm³/mol. The van der Waals surface area contributed by atoms with Gasteiger partial charge in [0.25, 0.3) is 0 Å². The summed E-state index contributed by atoms with van der Waals surface area (Å²) in [7, 11) is 0. The maximum absolute atomic E-state index is 9.91. The van der Waals surface area contributed by atoms with Crippen molar-refractivity contribution in [3.63, 3.8) is 0 Å². The summed E-state index contributed by atoms with van der Waals surface area (Å²) in [4.78, 5) is 29.7. The second-order valence-corrected chi connectivity index (χ2v) is 12.0. The number of carbonyl (C=O) groups is 3. The third kappa shape index (κ3) is 13.6. The number of aliphatic carboxylic acids is 3. The van der Waals surface area contributed by atoms with Crippen LogP contribution in [0.3, 0.4) is 0 Å². The minimum atomic E-state index is -1.01. The summed E-state index contributed by atoms with van der Waals surface area (Å²) in [5, 5.41) is 29.7. The Hall–Kier alpha value is -1.75. The van der Waals surface area contributed by atoms with Crippen LogP contribution in [0.4, 0.5) is 0 Å². The molecule has 0 amide bonds. The van der Waals surface area contributed by atoms with Crippen molar-refractivity contribution in [3.05, 3.63) is 41.0 Å². The number of carboxylic acid groups (broad SMARTS) is 3. The molecular formula is C25H36O6Zr. The van der Waals surface area contributed by atoms with E-state index >= 15 is 0 Å². The Labute approximate surface area is 208 Å². The van der Waals surface area contributed by atoms with Gasteiger partial charge in [-0.2, -0.15) is 0 Å². The summed E-state index contributed by atoms with van der Waals surface area (Å²) in [6, 6.07) is 8.67. The van der Waals surface area contributed by atoms with Crippen molar-refractivity contribution in [2.75, 3.05) is 0 Å². The van der Waals surface area contributed by atoms with Crippen LogP contribution in [0.15, 0.2) is 29.8 Å². The molecule has 32 heavy (non-hydrogen) atoms. The summed E-state index contributed by atoms with van der Waals surface area (Å²) < 4.78 is 0.721. The minimum absolute atomic E-state index is 0.694. The SMILES string of the molecule is CC(C)(C)C(=O)[O-].CC(C)(C)C(=O)[O-].CC(C)(C)C(=O)[O-].CC1=Cc2ccccc2[CH]1[Zr+3]. The Morgan fingerprint density at radius 1 is 0.719 bits per heavy atom. The molecule has 1 aliphatic carbocycles. The normalized spacial score (nSPS) is 14.8. The third-order valence-electron chi connectivity index (χ3n) is 3.98. The molecule has 7 heteroatoms. The van der Waals surface area contributed by atoms with Crippen molar-refractivity contribution >= 4 is 24.0 Å². The van der Waals surface area contributed by atoms with Crippen molar-refractivity contribution < 1.29 is 54.4 Å². The number of hydrogen-bond donors (Lipinski definition) is 0. The van der Waals surface area contributed by atoms with Crippen molar-refractivity contribution in [2.45, 2.75) is 72.9 Å². The van der Waals surface area contributed by atoms with E-state index in [1.807, 2.05) is 0 Å². The zero-order valence-electron chi connectivity index (χ0n) is 20.9. The first kappa shape index (κ1) is 32.4. The van der Waals surface area contributed by atoms with E-state index < -0.39 is 34.2 Å². The standard InChI is InChI=1S/C10H9.3C5H10O2.Zr/c1-8-6-9-4-2-3-5-10(9)7-8;3*1-5(2,3)4(6)7;/h2-7H,1H3;3*1-3H3,(H,6,7);/q;;;;+3/p-3. The van der Waals surface area contributed by atoms with Gasteiger partial charge in [-0.05, 0) is 0 Å². The molecule has 0 bridgehead atoms. The second-order valence-electron chi connectivity index (χ2n) is 10.6. The molecule has 0 N–H and O–H groups in total. The predicted octanol–water partition coefficient (Wildman–Crippen LogP) is 2.04. The Morgan fingerprint density at radius 2 is 1.00 bits per heavy atom. The van der Waals surface area contributed by atoms with Gasteiger partial charge in [-0.3, -0.25) is 0 Å². The van der Waals surface area contributed by atoms with E-state index in [1.54, 1.807) is 87.0 Å². The van der Waals surface area contributed by atoms with E-state index in [2.05, 4.69) is 37.3 Å². The zero-order chi connectivity index (χ0) is 26.1. The monoisotopic (exact) mass is 522 g/mol. The first-order valence-corrected chi connectivity index (χ1v) is 11.7. The molecule has 1 aliphatic rings. The average Bonchev–Trinajstić information content (AvgIpc) is 2.89. The van der Waals surface area contributed by atoms with Gasteiger partial charge in [0.15, 0.2) is 0 Å². The van der Waals surface area contributed by atoms with Crippen LogP contribution in [-0.2, 0) is 39.1 Å². The fraction of sp³-hybridized carbons (Fsp3) is 0.560. The van der Waals surface area contributed by atoms with E-state index in [0.717, 1.165) is 3.63 Å². The first-order chi connectivity index (χ1) is 14.1. The van der Waals surface area contributed by atoms with Crippen LogP contribution in [0, 0.1) is 16.2 Å². The van der Waals surface area contributed by atoms with Crippen LogP contribution in [0.1, 0.15) is 84.0 Å². The molecule has 1 aromatic rings. The molecule has 0 aliphatic heterocycles. The number of hydrogen-bond acceptors (Lipinski definition) is 6. The van der Waals surface area contributed by atoms with Gasteiger partial charge in [-0.1, -0.05) is 62.3 Å². The molecule has 0 heterocycles. The van der Waals surface area contributed by atoms with Gasteiger partial charge < -0.3 is 29.7 Å². The average molecular weight is 524 g/mol. The van der Waals surface area contributed by atoms with Gasteiger partial charge in [0.1, 0.15) is 0 Å². The van der Waals surface area contributed by atoms with Gasteiger partial charge >= 0.3 is 82.3 Å². The molecule has 1 atom stereocenters. The molecule has 2 rings (SSSR count). The molecule has 0 aromatic heterocycles. The third-order valence-corrected chi connectivity index (χ3v) is 5.87. The molecule has 0 saturated heterocycles. The number of allylic oxidation sites excluding steroid dienone is 1. The van der Waals surface area contributed by atoms with Gasteiger partial charge in [0, 0.05) is 34.2 Å². The summed E-state index contributed by atoms with van der Waals surface area (Å²) in [5.41, 5.74) is 2.37. The topological polar surface area (TPSA) is 120 Å². The molecular weight excluding hydrogens is 487 g/mol. The zero-order valence-corrected chi connectivity index (χ0v) is 23.4. The van der Waals surface area contributed by atoms with Crippen LogP contribution in [0.5, 0.6) is 0 Å². The van der Waals surface area contributed by atoms with Gasteiger partial charge in [0.05, 0.1) is 0 Å². The van der Waals surface area contributed by atoms with E-state index in [-0.39, 0.29) is 0 Å². The van der Waals surface area contributed by atoms with Gasteiger partial charge in [-0.25, -0.2) is 0 Å². The van der Waals surface area contributed by atoms with Crippen molar-refractivity contribution in [1.29, 1.82) is 0 Å². The fourth-order valence-electron chi connectivity index (χ4n) is 1.48.